The Labute approximate surface area is 87.6 Å². The normalized spacial score (nSPS) is 14.5. The van der Waals surface area contributed by atoms with Crippen molar-refractivity contribution in [3.05, 3.63) is 23.9 Å². The third kappa shape index (κ3) is 2.88. The quantitative estimate of drug-likeness (QED) is 0.788. The number of nitrogens with zero attached hydrogens (tertiary/aromatic N) is 1. The van der Waals surface area contributed by atoms with Crippen molar-refractivity contribution in [3.63, 3.8) is 0 Å². The van der Waals surface area contributed by atoms with Crippen LogP contribution in [-0.4, -0.2) is 29.3 Å². The van der Waals surface area contributed by atoms with Gasteiger partial charge in [-0.25, -0.2) is 9.78 Å². The van der Waals surface area contributed by atoms with Gasteiger partial charge in [0.2, 0.25) is 7.37 Å². The van der Waals surface area contributed by atoms with E-state index in [9.17, 15) is 9.36 Å². The summed E-state index contributed by atoms with van der Waals surface area (Å²) in [6.07, 6.45) is 1.17. The van der Waals surface area contributed by atoms with Crippen LogP contribution in [-0.2, 0) is 9.09 Å². The zero-order chi connectivity index (χ0) is 11.5. The van der Waals surface area contributed by atoms with Gasteiger partial charge in [0, 0.05) is 12.9 Å². The lowest BCUT2D eigenvalue weighted by molar-refractivity contribution is 0.0696. The van der Waals surface area contributed by atoms with Crippen LogP contribution in [0, 0.1) is 0 Å². The van der Waals surface area contributed by atoms with Gasteiger partial charge in [-0.15, -0.1) is 0 Å². The van der Waals surface area contributed by atoms with E-state index in [0.717, 1.165) is 0 Å². The van der Waals surface area contributed by atoms with E-state index < -0.39 is 13.3 Å². The first-order chi connectivity index (χ1) is 6.97. The van der Waals surface area contributed by atoms with Crippen molar-refractivity contribution in [2.45, 2.75) is 6.92 Å². The molecule has 0 aliphatic rings. The lowest BCUT2D eigenvalue weighted by Gasteiger charge is -2.11. The molecule has 82 valence electrons. The molecular formula is C9H12NO4P. The Morgan fingerprint density at radius 2 is 2.27 bits per heavy atom. The van der Waals surface area contributed by atoms with E-state index in [0.29, 0.717) is 6.61 Å². The molecule has 1 rings (SSSR count). The van der Waals surface area contributed by atoms with E-state index in [1.54, 1.807) is 6.92 Å². The van der Waals surface area contributed by atoms with Crippen LogP contribution in [0.15, 0.2) is 18.3 Å². The Morgan fingerprint density at radius 1 is 1.60 bits per heavy atom. The first kappa shape index (κ1) is 11.9. The smallest absolute Gasteiger partial charge is 0.337 e. The average molecular weight is 229 g/mol. The fourth-order valence-corrected chi connectivity index (χ4v) is 2.30. The molecule has 6 heteroatoms. The van der Waals surface area contributed by atoms with Gasteiger partial charge < -0.3 is 9.63 Å². The Bertz CT molecular complexity index is 401. The van der Waals surface area contributed by atoms with E-state index in [4.69, 9.17) is 9.63 Å². The number of pyridine rings is 1. The minimum Gasteiger partial charge on any atom is -0.478 e. The molecule has 1 unspecified atom stereocenters. The van der Waals surface area contributed by atoms with Gasteiger partial charge in [0.15, 0.2) is 0 Å². The number of carbonyl (C=O) groups is 1. The monoisotopic (exact) mass is 229 g/mol. The van der Waals surface area contributed by atoms with Gasteiger partial charge in [-0.1, -0.05) is 0 Å². The van der Waals surface area contributed by atoms with Crippen LogP contribution in [0.25, 0.3) is 0 Å². The van der Waals surface area contributed by atoms with Crippen molar-refractivity contribution in [2.75, 3.05) is 13.3 Å². The maximum atomic E-state index is 11.9. The summed E-state index contributed by atoms with van der Waals surface area (Å²) >= 11 is 0. The Balaban J connectivity index is 2.98. The lowest BCUT2D eigenvalue weighted by Crippen LogP contribution is -2.12. The van der Waals surface area contributed by atoms with E-state index in [1.165, 1.54) is 25.0 Å². The summed E-state index contributed by atoms with van der Waals surface area (Å²) in [7, 11) is -2.90. The van der Waals surface area contributed by atoms with E-state index >= 15 is 0 Å². The van der Waals surface area contributed by atoms with Crippen molar-refractivity contribution in [2.24, 2.45) is 0 Å². The predicted octanol–water partition coefficient (Wildman–Crippen LogP) is 1.35. The number of carboxylic acid groups (broad SMARTS) is 1. The lowest BCUT2D eigenvalue weighted by atomic mass is 10.3. The zero-order valence-electron chi connectivity index (χ0n) is 8.51. The Kier molecular flexibility index (Phi) is 3.61. The molecule has 0 aromatic carbocycles. The first-order valence-electron chi connectivity index (χ1n) is 4.39. The molecule has 0 fully saturated rings. The third-order valence-corrected chi connectivity index (χ3v) is 3.63. The number of rotatable bonds is 4. The minimum absolute atomic E-state index is 0.0650. The van der Waals surface area contributed by atoms with Crippen LogP contribution >= 0.6 is 7.37 Å². The standard InChI is InChI=1S/C9H12NO4P/c1-3-14-15(2,13)8-5-4-7(6-10-8)9(11)12/h4-6H,3H2,1-2H3,(H,11,12). The average Bonchev–Trinajstić information content (AvgIpc) is 2.18. The van der Waals surface area contributed by atoms with Crippen molar-refractivity contribution < 1.29 is 19.0 Å². The fourth-order valence-electron chi connectivity index (χ4n) is 1.07. The van der Waals surface area contributed by atoms with Crippen LogP contribution in [0.3, 0.4) is 0 Å². The molecule has 15 heavy (non-hydrogen) atoms. The summed E-state index contributed by atoms with van der Waals surface area (Å²) in [6.45, 7) is 3.52. The topological polar surface area (TPSA) is 76.5 Å². The van der Waals surface area contributed by atoms with Crippen LogP contribution in [0.5, 0.6) is 0 Å². The Morgan fingerprint density at radius 3 is 2.67 bits per heavy atom. The summed E-state index contributed by atoms with van der Waals surface area (Å²) in [5.41, 5.74) is 0.351. The second kappa shape index (κ2) is 4.55. The number of carboxylic acids is 1. The van der Waals surface area contributed by atoms with Gasteiger partial charge in [0.05, 0.1) is 12.2 Å². The van der Waals surface area contributed by atoms with Crippen molar-refractivity contribution in [3.8, 4) is 0 Å². The second-order valence-corrected chi connectivity index (χ2v) is 5.38. The molecule has 0 bridgehead atoms. The van der Waals surface area contributed by atoms with E-state index in [1.807, 2.05) is 0 Å². The SMILES string of the molecule is CCOP(C)(=O)c1ccc(C(=O)O)cn1. The predicted molar refractivity (Wildman–Crippen MR) is 56.0 cm³/mol. The number of hydrogen-bond acceptors (Lipinski definition) is 4. The van der Waals surface area contributed by atoms with Gasteiger partial charge in [0.1, 0.15) is 5.44 Å². The molecular weight excluding hydrogens is 217 g/mol. The van der Waals surface area contributed by atoms with Gasteiger partial charge in [-0.3, -0.25) is 4.57 Å². The highest BCUT2D eigenvalue weighted by Crippen LogP contribution is 2.39. The summed E-state index contributed by atoms with van der Waals surface area (Å²) in [5.74, 6) is -1.06. The molecule has 5 nitrogen and oxygen atoms in total. The zero-order valence-corrected chi connectivity index (χ0v) is 9.40. The van der Waals surface area contributed by atoms with Crippen LogP contribution in [0.1, 0.15) is 17.3 Å². The minimum atomic E-state index is -2.90. The number of aromatic nitrogens is 1. The molecule has 0 radical (unpaired) electrons. The molecule has 0 saturated carbocycles. The molecule has 1 aromatic rings. The highest BCUT2D eigenvalue weighted by Gasteiger charge is 2.20. The largest absolute Gasteiger partial charge is 0.478 e. The molecule has 0 spiro atoms. The van der Waals surface area contributed by atoms with E-state index in [-0.39, 0.29) is 11.0 Å². The number of hydrogen-bond donors (Lipinski definition) is 1. The molecule has 1 aromatic heterocycles. The highest BCUT2D eigenvalue weighted by atomic mass is 31.2. The van der Waals surface area contributed by atoms with E-state index in [2.05, 4.69) is 4.98 Å². The Hall–Kier alpha value is -1.19. The fraction of sp³-hybridized carbons (Fsp3) is 0.333. The number of aromatic carboxylic acids is 1. The van der Waals surface area contributed by atoms with Crippen molar-refractivity contribution >= 4 is 18.8 Å². The summed E-state index contributed by atoms with van der Waals surface area (Å²) in [6, 6.07) is 2.78. The third-order valence-electron chi connectivity index (χ3n) is 1.79. The van der Waals surface area contributed by atoms with Gasteiger partial charge in [-0.05, 0) is 19.1 Å². The van der Waals surface area contributed by atoms with Crippen LogP contribution < -0.4 is 5.44 Å². The van der Waals surface area contributed by atoms with Crippen LogP contribution in [0.4, 0.5) is 0 Å². The van der Waals surface area contributed by atoms with Gasteiger partial charge in [0.25, 0.3) is 0 Å². The van der Waals surface area contributed by atoms with Gasteiger partial charge in [-0.2, -0.15) is 0 Å². The summed E-state index contributed by atoms with van der Waals surface area (Å²) in [4.78, 5) is 14.4. The molecule has 0 aliphatic heterocycles. The highest BCUT2D eigenvalue weighted by molar-refractivity contribution is 7.65. The van der Waals surface area contributed by atoms with Crippen molar-refractivity contribution in [1.82, 2.24) is 4.98 Å². The van der Waals surface area contributed by atoms with Crippen LogP contribution in [0.2, 0.25) is 0 Å². The molecule has 0 saturated heterocycles. The maximum absolute atomic E-state index is 11.9. The molecule has 0 amide bonds. The molecule has 1 N–H and O–H groups in total. The first-order valence-corrected chi connectivity index (χ1v) is 6.46. The second-order valence-electron chi connectivity index (χ2n) is 2.97. The summed E-state index contributed by atoms with van der Waals surface area (Å²) < 4.78 is 16.9. The summed E-state index contributed by atoms with van der Waals surface area (Å²) in [5, 5.41) is 8.64. The van der Waals surface area contributed by atoms with Gasteiger partial charge >= 0.3 is 5.97 Å². The molecule has 0 aliphatic carbocycles. The van der Waals surface area contributed by atoms with Crippen molar-refractivity contribution in [1.29, 1.82) is 0 Å². The molecule has 1 heterocycles. The molecule has 1 atom stereocenters. The maximum Gasteiger partial charge on any atom is 0.337 e.